The molecule has 32 heavy (non-hydrogen) atoms. The average molecular weight is 457 g/mol. The number of primary sulfonamides is 1. The molecular formula is C20H24N8O3S. The Hall–Kier alpha value is -3.48. The number of para-hydroxylation sites is 1. The highest BCUT2D eigenvalue weighted by atomic mass is 32.2. The maximum atomic E-state index is 11.9. The van der Waals surface area contributed by atoms with Gasteiger partial charge in [0.15, 0.2) is 0 Å². The minimum Gasteiger partial charge on any atom is -0.467 e. The lowest BCUT2D eigenvalue weighted by Crippen LogP contribution is -2.44. The SMILES string of the molecule is COc1nc(N2CCNCC2)nc(N(Nc2ccccc2)c2cccc(S(N)(=O)=O)c2)n1. The number of nitrogens with one attached hydrogen (secondary N) is 2. The lowest BCUT2D eigenvalue weighted by atomic mass is 10.3. The Morgan fingerprint density at radius 3 is 2.50 bits per heavy atom. The Labute approximate surface area is 186 Å². The monoisotopic (exact) mass is 456 g/mol. The van der Waals surface area contributed by atoms with Crippen LogP contribution in [0.5, 0.6) is 6.01 Å². The van der Waals surface area contributed by atoms with Crippen molar-refractivity contribution in [3.63, 3.8) is 0 Å². The molecular weight excluding hydrogens is 432 g/mol. The summed E-state index contributed by atoms with van der Waals surface area (Å²) in [6, 6.07) is 15.7. The molecule has 0 spiro atoms. The van der Waals surface area contributed by atoms with Gasteiger partial charge in [0.2, 0.25) is 16.0 Å². The van der Waals surface area contributed by atoms with E-state index in [0.29, 0.717) is 11.6 Å². The van der Waals surface area contributed by atoms with Crippen LogP contribution in [-0.4, -0.2) is 56.7 Å². The first-order valence-corrected chi connectivity index (χ1v) is 11.5. The van der Waals surface area contributed by atoms with Crippen LogP contribution >= 0.6 is 0 Å². The van der Waals surface area contributed by atoms with Gasteiger partial charge in [-0.05, 0) is 30.3 Å². The van der Waals surface area contributed by atoms with Crippen LogP contribution in [0.3, 0.4) is 0 Å². The molecule has 3 aromatic rings. The highest BCUT2D eigenvalue weighted by molar-refractivity contribution is 7.89. The molecule has 1 aliphatic heterocycles. The number of hydrogen-bond acceptors (Lipinski definition) is 10. The molecule has 12 heteroatoms. The summed E-state index contributed by atoms with van der Waals surface area (Å²) in [5.41, 5.74) is 4.45. The number of piperazine rings is 1. The molecule has 1 fully saturated rings. The molecule has 1 aromatic heterocycles. The van der Waals surface area contributed by atoms with Crippen molar-refractivity contribution in [3.05, 3.63) is 54.6 Å². The van der Waals surface area contributed by atoms with E-state index < -0.39 is 10.0 Å². The molecule has 0 bridgehead atoms. The fraction of sp³-hybridized carbons (Fsp3) is 0.250. The molecule has 4 rings (SSSR count). The van der Waals surface area contributed by atoms with E-state index in [-0.39, 0.29) is 16.9 Å². The number of methoxy groups -OCH3 is 1. The lowest BCUT2D eigenvalue weighted by Gasteiger charge is -2.29. The van der Waals surface area contributed by atoms with E-state index in [4.69, 9.17) is 9.88 Å². The second kappa shape index (κ2) is 9.34. The number of hydrazine groups is 1. The summed E-state index contributed by atoms with van der Waals surface area (Å²) in [4.78, 5) is 15.5. The van der Waals surface area contributed by atoms with Gasteiger partial charge in [0, 0.05) is 26.2 Å². The lowest BCUT2D eigenvalue weighted by molar-refractivity contribution is 0.378. The molecule has 0 amide bonds. The Morgan fingerprint density at radius 1 is 1.06 bits per heavy atom. The molecule has 0 atom stereocenters. The van der Waals surface area contributed by atoms with Gasteiger partial charge >= 0.3 is 6.01 Å². The number of nitrogens with two attached hydrogens (primary N) is 1. The summed E-state index contributed by atoms with van der Waals surface area (Å²) in [5.74, 6) is 0.705. The van der Waals surface area contributed by atoms with Crippen LogP contribution in [0.2, 0.25) is 0 Å². The number of benzene rings is 2. The van der Waals surface area contributed by atoms with Crippen LogP contribution in [0.1, 0.15) is 0 Å². The van der Waals surface area contributed by atoms with Gasteiger partial charge in [0.1, 0.15) is 0 Å². The average Bonchev–Trinajstić information content (AvgIpc) is 2.83. The van der Waals surface area contributed by atoms with Crippen molar-refractivity contribution >= 4 is 33.3 Å². The summed E-state index contributed by atoms with van der Waals surface area (Å²) in [6.07, 6.45) is 0. The smallest absolute Gasteiger partial charge is 0.322 e. The molecule has 2 aromatic carbocycles. The van der Waals surface area contributed by atoms with Gasteiger partial charge < -0.3 is 15.0 Å². The zero-order valence-electron chi connectivity index (χ0n) is 17.5. The van der Waals surface area contributed by atoms with Gasteiger partial charge in [-0.15, -0.1) is 0 Å². The Bertz CT molecular complexity index is 1170. The van der Waals surface area contributed by atoms with E-state index in [1.165, 1.54) is 19.2 Å². The van der Waals surface area contributed by atoms with Crippen LogP contribution in [-0.2, 0) is 10.0 Å². The summed E-state index contributed by atoms with van der Waals surface area (Å²) < 4.78 is 29.2. The number of hydrogen-bond donors (Lipinski definition) is 3. The minimum atomic E-state index is -3.90. The largest absolute Gasteiger partial charge is 0.467 e. The van der Waals surface area contributed by atoms with Gasteiger partial charge in [0.25, 0.3) is 5.95 Å². The second-order valence-electron chi connectivity index (χ2n) is 7.01. The summed E-state index contributed by atoms with van der Waals surface area (Å²) in [6.45, 7) is 3.09. The van der Waals surface area contributed by atoms with E-state index in [0.717, 1.165) is 31.9 Å². The molecule has 0 saturated carbocycles. The highest BCUT2D eigenvalue weighted by Gasteiger charge is 2.21. The summed E-state index contributed by atoms with van der Waals surface area (Å²) in [5, 5.41) is 10.2. The summed E-state index contributed by atoms with van der Waals surface area (Å²) >= 11 is 0. The first-order chi connectivity index (χ1) is 15.4. The van der Waals surface area contributed by atoms with Gasteiger partial charge in [-0.1, -0.05) is 24.3 Å². The van der Waals surface area contributed by atoms with Crippen LogP contribution < -0.4 is 30.5 Å². The van der Waals surface area contributed by atoms with E-state index >= 15 is 0 Å². The predicted molar refractivity (Wildman–Crippen MR) is 121 cm³/mol. The second-order valence-corrected chi connectivity index (χ2v) is 8.58. The van der Waals surface area contributed by atoms with Gasteiger partial charge in [-0.25, -0.2) is 18.6 Å². The number of rotatable bonds is 7. The van der Waals surface area contributed by atoms with Crippen LogP contribution in [0, 0.1) is 0 Å². The van der Waals surface area contributed by atoms with E-state index in [2.05, 4.69) is 25.7 Å². The predicted octanol–water partition coefficient (Wildman–Crippen LogP) is 1.10. The van der Waals surface area contributed by atoms with Crippen LogP contribution in [0.25, 0.3) is 0 Å². The fourth-order valence-electron chi connectivity index (χ4n) is 3.20. The van der Waals surface area contributed by atoms with Gasteiger partial charge in [0.05, 0.1) is 23.4 Å². The van der Waals surface area contributed by atoms with Crippen LogP contribution in [0.15, 0.2) is 59.5 Å². The first-order valence-electron chi connectivity index (χ1n) is 9.94. The number of anilines is 4. The molecule has 0 radical (unpaired) electrons. The molecule has 4 N–H and O–H groups in total. The number of sulfonamides is 1. The maximum Gasteiger partial charge on any atom is 0.322 e. The van der Waals surface area contributed by atoms with E-state index in [1.54, 1.807) is 17.1 Å². The third-order valence-corrected chi connectivity index (χ3v) is 5.70. The highest BCUT2D eigenvalue weighted by Crippen LogP contribution is 2.28. The first kappa shape index (κ1) is 21.7. The molecule has 11 nitrogen and oxygen atoms in total. The molecule has 2 heterocycles. The maximum absolute atomic E-state index is 11.9. The number of aromatic nitrogens is 3. The quantitative estimate of drug-likeness (QED) is 0.443. The van der Waals surface area contributed by atoms with Crippen molar-refractivity contribution in [3.8, 4) is 6.01 Å². The standard InChI is InChI=1S/C20H24N8O3S/c1-31-20-24-18(27-12-10-22-11-13-27)23-19(25-20)28(26-15-6-3-2-4-7-15)16-8-5-9-17(14-16)32(21,29)30/h2-9,14,22,26H,10-13H2,1H3,(H2,21,29,30). The van der Waals surface area contributed by atoms with Crippen molar-refractivity contribution in [2.75, 3.05) is 48.6 Å². The zero-order valence-corrected chi connectivity index (χ0v) is 18.3. The molecule has 1 saturated heterocycles. The normalized spacial score (nSPS) is 14.1. The van der Waals surface area contributed by atoms with Crippen molar-refractivity contribution in [2.24, 2.45) is 5.14 Å². The third-order valence-electron chi connectivity index (χ3n) is 4.79. The van der Waals surface area contributed by atoms with E-state index in [9.17, 15) is 8.42 Å². The molecule has 0 aliphatic carbocycles. The Balaban J connectivity index is 1.81. The van der Waals surface area contributed by atoms with Crippen molar-refractivity contribution in [2.45, 2.75) is 4.90 Å². The molecule has 168 valence electrons. The van der Waals surface area contributed by atoms with Crippen LogP contribution in [0.4, 0.5) is 23.3 Å². The van der Waals surface area contributed by atoms with Gasteiger partial charge in [-0.2, -0.15) is 15.0 Å². The Kier molecular flexibility index (Phi) is 6.35. The summed E-state index contributed by atoms with van der Waals surface area (Å²) in [7, 11) is -2.42. The zero-order chi connectivity index (χ0) is 22.6. The Morgan fingerprint density at radius 2 is 1.81 bits per heavy atom. The van der Waals surface area contributed by atoms with Crippen molar-refractivity contribution in [1.29, 1.82) is 0 Å². The fourth-order valence-corrected chi connectivity index (χ4v) is 3.76. The van der Waals surface area contributed by atoms with Crippen molar-refractivity contribution < 1.29 is 13.2 Å². The van der Waals surface area contributed by atoms with Crippen molar-refractivity contribution in [1.82, 2.24) is 20.3 Å². The van der Waals surface area contributed by atoms with E-state index in [1.807, 2.05) is 35.2 Å². The topological polar surface area (TPSA) is 139 Å². The molecule has 1 aliphatic rings. The molecule has 0 unspecified atom stereocenters. The minimum absolute atomic E-state index is 0.0294. The number of ether oxygens (including phenoxy) is 1. The number of nitrogens with zero attached hydrogens (tertiary/aromatic N) is 5. The third kappa shape index (κ3) is 5.04. The van der Waals surface area contributed by atoms with Gasteiger partial charge in [-0.3, -0.25) is 5.43 Å².